The molecule has 0 saturated heterocycles. The van der Waals surface area contributed by atoms with Crippen molar-refractivity contribution < 1.29 is 9.59 Å². The van der Waals surface area contributed by atoms with Crippen molar-refractivity contribution in [3.05, 3.63) is 28.7 Å². The molecule has 0 spiro atoms. The highest BCUT2D eigenvalue weighted by atomic mass is 79.9. The molecule has 0 aliphatic heterocycles. The van der Waals surface area contributed by atoms with E-state index in [1.807, 2.05) is 0 Å². The lowest BCUT2D eigenvalue weighted by atomic mass is 10.3. The minimum atomic E-state index is -0.448. The number of urea groups is 1. The minimum absolute atomic E-state index is 0.322. The van der Waals surface area contributed by atoms with E-state index in [0.29, 0.717) is 31.6 Å². The molecule has 0 atom stereocenters. The first-order chi connectivity index (χ1) is 8.17. The third-order valence-corrected chi connectivity index (χ3v) is 2.62. The largest absolute Gasteiger partial charge is 0.330 e. The number of anilines is 1. The first-order valence-electron chi connectivity index (χ1n) is 5.16. The molecule has 0 aromatic heterocycles. The molecule has 0 aliphatic rings. The number of carbonyl (C=O) groups excluding carboxylic acids is 2. The van der Waals surface area contributed by atoms with Crippen LogP contribution >= 0.6 is 15.9 Å². The average Bonchev–Trinajstić information content (AvgIpc) is 2.33. The molecule has 6 heteroatoms. The quantitative estimate of drug-likeness (QED) is 0.814. The maximum atomic E-state index is 11.7. The van der Waals surface area contributed by atoms with Crippen molar-refractivity contribution in [3.8, 4) is 0 Å². The maximum absolute atomic E-state index is 11.7. The fourth-order valence-electron chi connectivity index (χ4n) is 1.19. The van der Waals surface area contributed by atoms with Gasteiger partial charge in [-0.05, 0) is 37.2 Å². The summed E-state index contributed by atoms with van der Waals surface area (Å²) in [5.74, 6) is 0. The van der Waals surface area contributed by atoms with E-state index in [1.54, 1.807) is 24.3 Å². The van der Waals surface area contributed by atoms with Crippen molar-refractivity contribution in [2.24, 2.45) is 5.73 Å². The van der Waals surface area contributed by atoms with E-state index < -0.39 is 6.03 Å². The number of rotatable bonds is 5. The monoisotopic (exact) mass is 299 g/mol. The summed E-state index contributed by atoms with van der Waals surface area (Å²) in [6.07, 6.45) is 1.09. The van der Waals surface area contributed by atoms with Gasteiger partial charge in [0.05, 0.1) is 0 Å². The zero-order valence-corrected chi connectivity index (χ0v) is 10.8. The summed E-state index contributed by atoms with van der Waals surface area (Å²) in [6.45, 7) is 0.762. The van der Waals surface area contributed by atoms with Crippen LogP contribution in [0, 0.1) is 0 Å². The summed E-state index contributed by atoms with van der Waals surface area (Å²) in [5, 5.41) is 2.62. The predicted octanol–water partition coefficient (Wildman–Crippen LogP) is 1.79. The van der Waals surface area contributed by atoms with E-state index in [2.05, 4.69) is 21.2 Å². The number of halogens is 1. The SMILES string of the molecule is NCCCN(C=O)C(=O)Nc1ccc(Br)cc1. The second-order valence-corrected chi connectivity index (χ2v) is 4.29. The van der Waals surface area contributed by atoms with Crippen molar-refractivity contribution >= 4 is 34.1 Å². The Morgan fingerprint density at radius 1 is 1.41 bits per heavy atom. The highest BCUT2D eigenvalue weighted by molar-refractivity contribution is 9.10. The fraction of sp³-hybridized carbons (Fsp3) is 0.273. The lowest BCUT2D eigenvalue weighted by Gasteiger charge is -2.15. The Hall–Kier alpha value is -1.40. The van der Waals surface area contributed by atoms with Gasteiger partial charge in [0, 0.05) is 16.7 Å². The number of benzene rings is 1. The normalized spacial score (nSPS) is 9.76. The van der Waals surface area contributed by atoms with Gasteiger partial charge in [0.1, 0.15) is 0 Å². The molecule has 92 valence electrons. The van der Waals surface area contributed by atoms with Crippen molar-refractivity contribution in [1.82, 2.24) is 4.90 Å². The molecule has 0 heterocycles. The van der Waals surface area contributed by atoms with Crippen molar-refractivity contribution in [1.29, 1.82) is 0 Å². The van der Waals surface area contributed by atoms with E-state index in [9.17, 15) is 9.59 Å². The second kappa shape index (κ2) is 7.03. The third kappa shape index (κ3) is 4.54. The predicted molar refractivity (Wildman–Crippen MR) is 69.6 cm³/mol. The van der Waals surface area contributed by atoms with Gasteiger partial charge in [-0.3, -0.25) is 9.69 Å². The Bertz CT molecular complexity index is 381. The number of nitrogens with zero attached hydrogens (tertiary/aromatic N) is 1. The number of hydrogen-bond acceptors (Lipinski definition) is 3. The molecule has 0 bridgehead atoms. The summed E-state index contributed by atoms with van der Waals surface area (Å²) >= 11 is 3.30. The topological polar surface area (TPSA) is 75.4 Å². The molecular formula is C11H14BrN3O2. The van der Waals surface area contributed by atoms with Crippen LogP contribution < -0.4 is 11.1 Å². The van der Waals surface area contributed by atoms with Gasteiger partial charge in [-0.25, -0.2) is 4.79 Å². The summed E-state index contributed by atoms with van der Waals surface area (Å²) < 4.78 is 0.922. The molecule has 0 unspecified atom stereocenters. The molecule has 3 N–H and O–H groups in total. The number of nitrogens with two attached hydrogens (primary N) is 1. The zero-order chi connectivity index (χ0) is 12.7. The Labute approximate surface area is 108 Å². The Morgan fingerprint density at radius 2 is 2.06 bits per heavy atom. The summed E-state index contributed by atoms with van der Waals surface area (Å²) in [6, 6.07) is 6.65. The molecule has 17 heavy (non-hydrogen) atoms. The standard InChI is InChI=1S/C11H14BrN3O2/c12-9-2-4-10(5-3-9)14-11(17)15(8-16)7-1-6-13/h2-5,8H,1,6-7,13H2,(H,14,17). The van der Waals surface area contributed by atoms with Crippen LogP contribution in [0.2, 0.25) is 0 Å². The zero-order valence-electron chi connectivity index (χ0n) is 9.23. The van der Waals surface area contributed by atoms with E-state index in [0.717, 1.165) is 9.37 Å². The number of hydrogen-bond donors (Lipinski definition) is 2. The van der Waals surface area contributed by atoms with E-state index in [1.165, 1.54) is 0 Å². The van der Waals surface area contributed by atoms with Gasteiger partial charge in [0.25, 0.3) is 0 Å². The van der Waals surface area contributed by atoms with Crippen LogP contribution in [0.1, 0.15) is 6.42 Å². The molecule has 1 rings (SSSR count). The van der Waals surface area contributed by atoms with Crippen molar-refractivity contribution in [3.63, 3.8) is 0 Å². The fourth-order valence-corrected chi connectivity index (χ4v) is 1.46. The molecule has 0 fully saturated rings. The number of imide groups is 1. The van der Waals surface area contributed by atoms with Gasteiger partial charge in [0.15, 0.2) is 0 Å². The summed E-state index contributed by atoms with van der Waals surface area (Å²) in [4.78, 5) is 23.4. The highest BCUT2D eigenvalue weighted by Crippen LogP contribution is 2.14. The number of amides is 3. The molecule has 1 aromatic rings. The average molecular weight is 300 g/mol. The van der Waals surface area contributed by atoms with Gasteiger partial charge in [0.2, 0.25) is 6.41 Å². The van der Waals surface area contributed by atoms with Crippen LogP contribution in [-0.2, 0) is 4.79 Å². The number of carbonyl (C=O) groups is 2. The summed E-state index contributed by atoms with van der Waals surface area (Å²) in [5.41, 5.74) is 5.96. The van der Waals surface area contributed by atoms with Crippen molar-refractivity contribution in [2.75, 3.05) is 18.4 Å². The molecule has 0 saturated carbocycles. The minimum Gasteiger partial charge on any atom is -0.330 e. The van der Waals surface area contributed by atoms with Gasteiger partial charge < -0.3 is 11.1 Å². The highest BCUT2D eigenvalue weighted by Gasteiger charge is 2.11. The second-order valence-electron chi connectivity index (χ2n) is 3.38. The van der Waals surface area contributed by atoms with Crippen LogP contribution in [-0.4, -0.2) is 30.4 Å². The van der Waals surface area contributed by atoms with E-state index >= 15 is 0 Å². The lowest BCUT2D eigenvalue weighted by Crippen LogP contribution is -2.35. The molecule has 1 aromatic carbocycles. The van der Waals surface area contributed by atoms with Gasteiger partial charge in [-0.1, -0.05) is 15.9 Å². The summed E-state index contributed by atoms with van der Waals surface area (Å²) in [7, 11) is 0. The van der Waals surface area contributed by atoms with E-state index in [4.69, 9.17) is 5.73 Å². The first-order valence-corrected chi connectivity index (χ1v) is 5.95. The molecular weight excluding hydrogens is 286 g/mol. The molecule has 0 aliphatic carbocycles. The molecule has 5 nitrogen and oxygen atoms in total. The van der Waals surface area contributed by atoms with Crippen molar-refractivity contribution in [2.45, 2.75) is 6.42 Å². The maximum Gasteiger partial charge on any atom is 0.328 e. The van der Waals surface area contributed by atoms with Gasteiger partial charge >= 0.3 is 6.03 Å². The first kappa shape index (κ1) is 13.7. The molecule has 3 amide bonds. The number of nitrogens with one attached hydrogen (secondary N) is 1. The third-order valence-electron chi connectivity index (χ3n) is 2.09. The Morgan fingerprint density at radius 3 is 2.59 bits per heavy atom. The van der Waals surface area contributed by atoms with Crippen LogP contribution in [0.4, 0.5) is 10.5 Å². The van der Waals surface area contributed by atoms with Crippen LogP contribution in [0.25, 0.3) is 0 Å². The van der Waals surface area contributed by atoms with Crippen LogP contribution in [0.5, 0.6) is 0 Å². The Kier molecular flexibility index (Phi) is 5.65. The smallest absolute Gasteiger partial charge is 0.328 e. The van der Waals surface area contributed by atoms with Crippen LogP contribution in [0.15, 0.2) is 28.7 Å². The van der Waals surface area contributed by atoms with Gasteiger partial charge in [-0.2, -0.15) is 0 Å². The lowest BCUT2D eigenvalue weighted by molar-refractivity contribution is -0.115. The van der Waals surface area contributed by atoms with Gasteiger partial charge in [-0.15, -0.1) is 0 Å². The molecule has 0 radical (unpaired) electrons. The van der Waals surface area contributed by atoms with Crippen LogP contribution in [0.3, 0.4) is 0 Å². The Balaban J connectivity index is 2.57. The van der Waals surface area contributed by atoms with E-state index in [-0.39, 0.29) is 0 Å².